The van der Waals surface area contributed by atoms with E-state index in [9.17, 15) is 0 Å². The summed E-state index contributed by atoms with van der Waals surface area (Å²) in [5, 5.41) is 0. The van der Waals surface area contributed by atoms with Crippen molar-refractivity contribution in [1.29, 1.82) is 0 Å². The Morgan fingerprint density at radius 1 is 0.800 bits per heavy atom. The molecule has 0 aromatic heterocycles. The van der Waals surface area contributed by atoms with Gasteiger partial charge in [-0.15, -0.1) is 0 Å². The van der Waals surface area contributed by atoms with Crippen LogP contribution in [0.2, 0.25) is 0 Å². The van der Waals surface area contributed by atoms with Gasteiger partial charge in [-0.3, -0.25) is 9.13 Å². The van der Waals surface area contributed by atoms with Gasteiger partial charge >= 0.3 is 47.6 Å². The Hall–Kier alpha value is 1.55. The molecule has 15 heteroatoms. The average Bonchev–Trinajstić information content (AvgIpc) is 1.50. The minimum absolute atomic E-state index is 0. The molecular formula is H6Mn2O10P2W-2. The van der Waals surface area contributed by atoms with Crippen LogP contribution in [0, 0.1) is 0 Å². The van der Waals surface area contributed by atoms with E-state index in [0.29, 0.717) is 0 Å². The van der Waals surface area contributed by atoms with Crippen LogP contribution < -0.4 is 7.52 Å². The summed E-state index contributed by atoms with van der Waals surface area (Å²) in [6.45, 7) is 0. The first-order chi connectivity index (χ1) is 5.46. The van der Waals surface area contributed by atoms with Crippen LogP contribution in [-0.2, 0) is 66.8 Å². The molecule has 0 atom stereocenters. The fourth-order valence-corrected chi connectivity index (χ4v) is 0. The summed E-state index contributed by atoms with van der Waals surface area (Å²) in [4.78, 5) is 28.6. The second-order valence-electron chi connectivity index (χ2n) is 0.973. The third-order valence-corrected chi connectivity index (χ3v) is 0. The van der Waals surface area contributed by atoms with Crippen molar-refractivity contribution in [3.05, 3.63) is 0 Å². The van der Waals surface area contributed by atoms with E-state index in [1.807, 2.05) is 0 Å². The van der Waals surface area contributed by atoms with Crippen molar-refractivity contribution in [2.24, 2.45) is 0 Å². The molecular weight excluding hydrogens is 516 g/mol. The molecule has 0 saturated carbocycles. The number of rotatable bonds is 0. The summed E-state index contributed by atoms with van der Waals surface area (Å²) in [5.74, 6) is 0. The Bertz CT molecular complexity index is 216. The fraction of sp³-hybridized carbons (Fsp3) is 0. The molecule has 0 saturated heterocycles. The van der Waals surface area contributed by atoms with Crippen LogP contribution in [0.1, 0.15) is 0 Å². The quantitative estimate of drug-likeness (QED) is 0.181. The molecule has 0 fully saturated rings. The van der Waals surface area contributed by atoms with Gasteiger partial charge in [-0.25, -0.2) is 0 Å². The molecule has 0 aromatic rings. The van der Waals surface area contributed by atoms with Crippen LogP contribution in [0.5, 0.6) is 0 Å². The molecule has 0 heterocycles. The van der Waals surface area contributed by atoms with Crippen molar-refractivity contribution in [2.75, 3.05) is 0 Å². The SMILES string of the molecule is O=[PH](O)O.O=[PH](O)O.[Mn].[Mn].[O]=[W](=[O])([O-])[O-]. The summed E-state index contributed by atoms with van der Waals surface area (Å²) >= 11 is -6.17. The first-order valence-corrected chi connectivity index (χ1v) is 9.36. The first kappa shape index (κ1) is 30.0. The van der Waals surface area contributed by atoms with Crippen LogP contribution in [0.25, 0.3) is 0 Å². The van der Waals surface area contributed by atoms with Gasteiger partial charge in [-0.2, -0.15) is 0 Å². The molecule has 0 unspecified atom stereocenters. The molecule has 0 aliphatic rings. The molecule has 0 aliphatic carbocycles. The van der Waals surface area contributed by atoms with Crippen molar-refractivity contribution in [1.82, 2.24) is 0 Å². The van der Waals surface area contributed by atoms with Gasteiger partial charge in [-0.1, -0.05) is 0 Å². The van der Waals surface area contributed by atoms with Crippen LogP contribution in [0.4, 0.5) is 0 Å². The van der Waals surface area contributed by atoms with Gasteiger partial charge in [0.1, 0.15) is 0 Å². The van der Waals surface area contributed by atoms with Crippen LogP contribution in [0.15, 0.2) is 0 Å². The standard InChI is InChI=1S/2Mn.2H3O3P.4O.W/c;;2*1-4(2)3;;;;;/h;;2*4H,(H2,1,2,3);;;;;/q;;;;;;2*-1;. The molecule has 0 aromatic carbocycles. The zero-order valence-corrected chi connectivity index (χ0v) is 13.7. The maximum atomic E-state index is 8.74. The molecule has 0 amide bonds. The van der Waals surface area contributed by atoms with E-state index >= 15 is 0 Å². The third kappa shape index (κ3) is 1190. The van der Waals surface area contributed by atoms with Crippen LogP contribution in [0.3, 0.4) is 0 Å². The second-order valence-corrected chi connectivity index (χ2v) is 5.04. The van der Waals surface area contributed by atoms with Crippen molar-refractivity contribution in [2.45, 2.75) is 0 Å². The van der Waals surface area contributed by atoms with Gasteiger partial charge in [0, 0.05) is 34.1 Å². The predicted molar refractivity (Wildman–Crippen MR) is 28.3 cm³/mol. The van der Waals surface area contributed by atoms with Crippen molar-refractivity contribution >= 4 is 16.5 Å². The van der Waals surface area contributed by atoms with Crippen molar-refractivity contribution in [3.63, 3.8) is 0 Å². The second kappa shape index (κ2) is 17.9. The van der Waals surface area contributed by atoms with Crippen molar-refractivity contribution in [3.8, 4) is 0 Å². The Morgan fingerprint density at radius 2 is 0.800 bits per heavy atom. The van der Waals surface area contributed by atoms with Gasteiger partial charge in [-0.05, 0) is 0 Å². The molecule has 15 heavy (non-hydrogen) atoms. The van der Waals surface area contributed by atoms with Gasteiger partial charge in [0.05, 0.1) is 0 Å². The summed E-state index contributed by atoms with van der Waals surface area (Å²) in [6, 6.07) is 0. The summed E-state index contributed by atoms with van der Waals surface area (Å²) in [7, 11) is -6.26. The molecule has 2 radical (unpaired) electrons. The number of hydrogen-bond donors (Lipinski definition) is 4. The van der Waals surface area contributed by atoms with E-state index < -0.39 is 33.3 Å². The molecule has 0 aliphatic heterocycles. The Labute approximate surface area is 110 Å². The van der Waals surface area contributed by atoms with Crippen LogP contribution >= 0.6 is 16.5 Å². The van der Waals surface area contributed by atoms with Crippen LogP contribution in [-0.4, -0.2) is 19.6 Å². The van der Waals surface area contributed by atoms with E-state index in [1.54, 1.807) is 0 Å². The van der Waals surface area contributed by atoms with Gasteiger partial charge < -0.3 is 19.6 Å². The van der Waals surface area contributed by atoms with Crippen molar-refractivity contribution < 1.29 is 93.9 Å². The zero-order chi connectivity index (χ0) is 11.7. The normalized spacial score (nSPS) is 8.53. The van der Waals surface area contributed by atoms with Gasteiger partial charge in [0.2, 0.25) is 0 Å². The molecule has 4 N–H and O–H groups in total. The number of hydrogen-bond acceptors (Lipinski definition) is 6. The van der Waals surface area contributed by atoms with E-state index in [-0.39, 0.29) is 34.1 Å². The predicted octanol–water partition coefficient (Wildman–Crippen LogP) is -3.90. The third-order valence-electron chi connectivity index (χ3n) is 0. The maximum absolute atomic E-state index is 8.74. The van der Waals surface area contributed by atoms with Gasteiger partial charge in [0.15, 0.2) is 0 Å². The van der Waals surface area contributed by atoms with E-state index in [0.717, 1.165) is 0 Å². The Kier molecular flexibility index (Phi) is 35.9. The minimum atomic E-state index is -6.17. The monoisotopic (exact) mass is 522 g/mol. The molecule has 0 rings (SSSR count). The molecule has 10 nitrogen and oxygen atoms in total. The van der Waals surface area contributed by atoms with Gasteiger partial charge in [0.25, 0.3) is 0 Å². The van der Waals surface area contributed by atoms with E-state index in [4.69, 9.17) is 43.0 Å². The molecule has 0 spiro atoms. The Balaban J connectivity index is -0.0000000315. The average molecular weight is 522 g/mol. The summed E-state index contributed by atoms with van der Waals surface area (Å²) in [5.41, 5.74) is 0. The molecule has 98 valence electrons. The fourth-order valence-electron chi connectivity index (χ4n) is 0. The topological polar surface area (TPSA) is 195 Å². The summed E-state index contributed by atoms with van der Waals surface area (Å²) in [6.07, 6.45) is 0. The molecule has 0 bridgehead atoms. The van der Waals surface area contributed by atoms with E-state index in [2.05, 4.69) is 0 Å². The summed E-state index contributed by atoms with van der Waals surface area (Å²) < 4.78 is 52.1. The first-order valence-electron chi connectivity index (χ1n) is 1.97. The Morgan fingerprint density at radius 3 is 0.800 bits per heavy atom. The zero-order valence-electron chi connectivity index (χ0n) is 6.40. The van der Waals surface area contributed by atoms with E-state index in [1.165, 1.54) is 0 Å².